The zero-order valence-electron chi connectivity index (χ0n) is 14.4. The number of hydrogen-bond donors (Lipinski definition) is 2. The summed E-state index contributed by atoms with van der Waals surface area (Å²) in [5.74, 6) is -0.301. The molecule has 26 heavy (non-hydrogen) atoms. The van der Waals surface area contributed by atoms with E-state index in [9.17, 15) is 14.7 Å². The number of aliphatic hydroxyl groups excluding tert-OH is 1. The number of rotatable bonds is 5. The molecule has 0 aliphatic carbocycles. The van der Waals surface area contributed by atoms with E-state index in [4.69, 9.17) is 11.6 Å². The van der Waals surface area contributed by atoms with Crippen molar-refractivity contribution in [1.29, 1.82) is 0 Å². The van der Waals surface area contributed by atoms with Gasteiger partial charge in [0.1, 0.15) is 6.73 Å². The summed E-state index contributed by atoms with van der Waals surface area (Å²) in [7, 11) is 0. The van der Waals surface area contributed by atoms with Gasteiger partial charge in [-0.3, -0.25) is 9.59 Å². The molecule has 2 aromatic heterocycles. The molecule has 0 aliphatic heterocycles. The fourth-order valence-electron chi connectivity index (χ4n) is 2.76. The van der Waals surface area contributed by atoms with Crippen molar-refractivity contribution in [2.45, 2.75) is 26.5 Å². The molecule has 7 heteroatoms. The average Bonchev–Trinajstić information content (AvgIpc) is 3.03. The molecular weight excluding hydrogens is 354 g/mol. The van der Waals surface area contributed by atoms with Crippen molar-refractivity contribution < 1.29 is 9.90 Å². The lowest BCUT2D eigenvalue weighted by molar-refractivity contribution is 0.103. The van der Waals surface area contributed by atoms with Crippen LogP contribution in [-0.2, 0) is 6.73 Å². The van der Waals surface area contributed by atoms with Gasteiger partial charge in [0, 0.05) is 28.3 Å². The van der Waals surface area contributed by atoms with E-state index in [1.807, 2.05) is 19.9 Å². The molecule has 0 amide bonds. The van der Waals surface area contributed by atoms with Gasteiger partial charge in [-0.1, -0.05) is 18.5 Å². The molecule has 3 aromatic rings. The lowest BCUT2D eigenvalue weighted by Crippen LogP contribution is -2.23. The average molecular weight is 372 g/mol. The second-order valence-electron chi connectivity index (χ2n) is 6.08. The van der Waals surface area contributed by atoms with E-state index in [2.05, 4.69) is 10.1 Å². The molecule has 1 atom stereocenters. The Labute approximate surface area is 155 Å². The zero-order valence-corrected chi connectivity index (χ0v) is 15.1. The first-order valence-electron chi connectivity index (χ1n) is 8.09. The number of H-pyrrole nitrogens is 1. The van der Waals surface area contributed by atoms with Crippen LogP contribution in [0.4, 0.5) is 0 Å². The van der Waals surface area contributed by atoms with Crippen molar-refractivity contribution in [3.05, 3.63) is 86.0 Å². The van der Waals surface area contributed by atoms with Gasteiger partial charge < -0.3 is 10.1 Å². The highest BCUT2D eigenvalue weighted by Crippen LogP contribution is 2.25. The number of aromatic amines is 1. The Morgan fingerprint density at radius 2 is 1.96 bits per heavy atom. The fourth-order valence-corrected chi connectivity index (χ4v) is 2.88. The van der Waals surface area contributed by atoms with Crippen LogP contribution < -0.4 is 5.56 Å². The third kappa shape index (κ3) is 3.47. The first kappa shape index (κ1) is 18.1. The number of aryl methyl sites for hydroxylation is 1. The van der Waals surface area contributed by atoms with Crippen LogP contribution in [-0.4, -0.2) is 25.7 Å². The minimum Gasteiger partial charge on any atom is -0.374 e. The first-order chi connectivity index (χ1) is 12.4. The molecule has 0 bridgehead atoms. The van der Waals surface area contributed by atoms with Gasteiger partial charge in [0.05, 0.1) is 11.4 Å². The molecule has 1 aromatic carbocycles. The quantitative estimate of drug-likeness (QED) is 0.675. The van der Waals surface area contributed by atoms with Crippen molar-refractivity contribution >= 4 is 17.4 Å². The predicted molar refractivity (Wildman–Crippen MR) is 98.6 cm³/mol. The van der Waals surface area contributed by atoms with Crippen molar-refractivity contribution in [2.75, 3.05) is 0 Å². The van der Waals surface area contributed by atoms with E-state index in [1.165, 1.54) is 6.07 Å². The molecule has 1 unspecified atom stereocenters. The Bertz CT molecular complexity index is 1010. The summed E-state index contributed by atoms with van der Waals surface area (Å²) in [6, 6.07) is 11.6. The summed E-state index contributed by atoms with van der Waals surface area (Å²) in [6.07, 6.45) is 0. The van der Waals surface area contributed by atoms with E-state index < -0.39 is 6.73 Å². The summed E-state index contributed by atoms with van der Waals surface area (Å²) >= 11 is 5.87. The SMILES string of the molecule is Cc1cc(C(C)c2ccc(=O)n(CO)n2)[nH]c1C(=O)c1ccc(Cl)cc1. The molecule has 134 valence electrons. The summed E-state index contributed by atoms with van der Waals surface area (Å²) in [5, 5.41) is 13.9. The number of ketones is 1. The second-order valence-corrected chi connectivity index (χ2v) is 6.51. The summed E-state index contributed by atoms with van der Waals surface area (Å²) in [6.45, 7) is 3.29. The zero-order chi connectivity index (χ0) is 18.8. The van der Waals surface area contributed by atoms with Gasteiger partial charge in [-0.05, 0) is 48.9 Å². The second kappa shape index (κ2) is 7.27. The van der Waals surface area contributed by atoms with Crippen LogP contribution in [0.1, 0.15) is 45.8 Å². The van der Waals surface area contributed by atoms with Gasteiger partial charge in [0.15, 0.2) is 0 Å². The summed E-state index contributed by atoms with van der Waals surface area (Å²) in [4.78, 5) is 27.5. The van der Waals surface area contributed by atoms with Crippen molar-refractivity contribution in [3.63, 3.8) is 0 Å². The van der Waals surface area contributed by atoms with Crippen molar-refractivity contribution in [2.24, 2.45) is 0 Å². The predicted octanol–water partition coefficient (Wildman–Crippen LogP) is 2.87. The third-order valence-corrected chi connectivity index (χ3v) is 4.55. The highest BCUT2D eigenvalue weighted by atomic mass is 35.5. The van der Waals surface area contributed by atoms with Gasteiger partial charge in [0.2, 0.25) is 5.78 Å². The van der Waals surface area contributed by atoms with Crippen LogP contribution >= 0.6 is 11.6 Å². The van der Waals surface area contributed by atoms with Crippen LogP contribution in [0.2, 0.25) is 5.02 Å². The molecular formula is C19H18ClN3O3. The first-order valence-corrected chi connectivity index (χ1v) is 8.47. The monoisotopic (exact) mass is 371 g/mol. The Balaban J connectivity index is 1.93. The van der Waals surface area contributed by atoms with E-state index in [0.717, 1.165) is 15.9 Å². The van der Waals surface area contributed by atoms with Gasteiger partial charge in [-0.25, -0.2) is 4.68 Å². The number of aromatic nitrogens is 3. The number of carbonyl (C=O) groups excluding carboxylic acids is 1. The topological polar surface area (TPSA) is 88.0 Å². The molecule has 0 saturated carbocycles. The molecule has 0 radical (unpaired) electrons. The summed E-state index contributed by atoms with van der Waals surface area (Å²) < 4.78 is 0.988. The van der Waals surface area contributed by atoms with Gasteiger partial charge in [-0.2, -0.15) is 5.10 Å². The molecule has 6 nitrogen and oxygen atoms in total. The number of hydrogen-bond acceptors (Lipinski definition) is 4. The molecule has 2 N–H and O–H groups in total. The molecule has 3 rings (SSSR count). The van der Waals surface area contributed by atoms with E-state index in [0.29, 0.717) is 22.0 Å². The molecule has 0 spiro atoms. The maximum atomic E-state index is 12.7. The van der Waals surface area contributed by atoms with Crippen LogP contribution in [0, 0.1) is 6.92 Å². The maximum Gasteiger partial charge on any atom is 0.268 e. The van der Waals surface area contributed by atoms with Crippen molar-refractivity contribution in [1.82, 2.24) is 14.8 Å². The number of carbonyl (C=O) groups is 1. The molecule has 2 heterocycles. The largest absolute Gasteiger partial charge is 0.374 e. The highest BCUT2D eigenvalue weighted by molar-refractivity contribution is 6.30. The standard InChI is InChI=1S/C19H18ClN3O3/c1-11-9-16(12(2)15-7-8-17(25)23(10-24)22-15)21-18(11)19(26)13-3-5-14(20)6-4-13/h3-9,12,21,24H,10H2,1-2H3. The smallest absolute Gasteiger partial charge is 0.268 e. The van der Waals surface area contributed by atoms with Gasteiger partial charge >= 0.3 is 0 Å². The van der Waals surface area contributed by atoms with E-state index in [1.54, 1.807) is 30.3 Å². The lowest BCUT2D eigenvalue weighted by atomic mass is 10.0. The number of benzene rings is 1. The Morgan fingerprint density at radius 1 is 1.27 bits per heavy atom. The molecule has 0 saturated heterocycles. The Kier molecular flexibility index (Phi) is 5.06. The molecule has 0 fully saturated rings. The minimum atomic E-state index is -0.483. The fraction of sp³-hybridized carbons (Fsp3) is 0.211. The maximum absolute atomic E-state index is 12.7. The number of halogens is 1. The van der Waals surface area contributed by atoms with Crippen molar-refractivity contribution in [3.8, 4) is 0 Å². The normalized spacial score (nSPS) is 12.2. The minimum absolute atomic E-state index is 0.120. The Morgan fingerprint density at radius 3 is 2.62 bits per heavy atom. The lowest BCUT2D eigenvalue weighted by Gasteiger charge is -2.10. The van der Waals surface area contributed by atoms with Crippen LogP contribution in [0.5, 0.6) is 0 Å². The Hall–Kier alpha value is -2.70. The number of nitrogens with one attached hydrogen (secondary N) is 1. The number of nitrogens with zero attached hydrogens (tertiary/aromatic N) is 2. The number of aliphatic hydroxyl groups is 1. The highest BCUT2D eigenvalue weighted by Gasteiger charge is 2.19. The van der Waals surface area contributed by atoms with Gasteiger partial charge in [0.25, 0.3) is 5.56 Å². The third-order valence-electron chi connectivity index (χ3n) is 4.30. The van der Waals surface area contributed by atoms with Crippen LogP contribution in [0.3, 0.4) is 0 Å². The van der Waals surface area contributed by atoms with Crippen LogP contribution in [0.15, 0.2) is 47.3 Å². The van der Waals surface area contributed by atoms with E-state index >= 15 is 0 Å². The van der Waals surface area contributed by atoms with E-state index in [-0.39, 0.29) is 17.3 Å². The van der Waals surface area contributed by atoms with Crippen LogP contribution in [0.25, 0.3) is 0 Å². The van der Waals surface area contributed by atoms with Gasteiger partial charge in [-0.15, -0.1) is 0 Å². The summed E-state index contributed by atoms with van der Waals surface area (Å²) in [5.41, 5.74) is 2.92. The molecule has 0 aliphatic rings.